The molecule has 0 radical (unpaired) electrons. The van der Waals surface area contributed by atoms with Gasteiger partial charge in [0.05, 0.1) is 16.6 Å². The molecule has 1 aromatic rings. The maximum Gasteiger partial charge on any atom is 0.304 e. The van der Waals surface area contributed by atoms with Crippen molar-refractivity contribution in [2.45, 2.75) is 23.5 Å². The number of carbonyl (C=O) groups is 1. The highest BCUT2D eigenvalue weighted by atomic mass is 32.2. The lowest BCUT2D eigenvalue weighted by molar-refractivity contribution is -0.136. The van der Waals surface area contributed by atoms with Gasteiger partial charge in [-0.25, -0.2) is 8.42 Å². The van der Waals surface area contributed by atoms with Gasteiger partial charge in [0, 0.05) is 0 Å². The van der Waals surface area contributed by atoms with Crippen LogP contribution in [-0.2, 0) is 14.6 Å². The Bertz CT molecular complexity index is 436. The number of sulfone groups is 1. The van der Waals surface area contributed by atoms with E-state index in [0.717, 1.165) is 0 Å². The van der Waals surface area contributed by atoms with Gasteiger partial charge < -0.3 is 5.11 Å². The summed E-state index contributed by atoms with van der Waals surface area (Å²) in [5.41, 5.74) is 0. The molecule has 1 atom stereocenters. The van der Waals surface area contributed by atoms with Gasteiger partial charge in [-0.15, -0.1) is 0 Å². The second-order valence-corrected chi connectivity index (χ2v) is 5.63. The Balaban J connectivity index is 2.99. The number of carboxylic acids is 1. The van der Waals surface area contributed by atoms with Crippen molar-refractivity contribution in [2.24, 2.45) is 0 Å². The molecule has 0 saturated carbocycles. The monoisotopic (exact) mass is 228 g/mol. The van der Waals surface area contributed by atoms with Gasteiger partial charge in [-0.2, -0.15) is 0 Å². The zero-order chi connectivity index (χ0) is 11.5. The van der Waals surface area contributed by atoms with E-state index >= 15 is 0 Å². The fourth-order valence-corrected chi connectivity index (χ4v) is 2.56. The van der Waals surface area contributed by atoms with Crippen LogP contribution in [0.2, 0.25) is 0 Å². The third kappa shape index (κ3) is 2.79. The largest absolute Gasteiger partial charge is 0.481 e. The molecule has 0 aliphatic rings. The first kappa shape index (κ1) is 11.7. The first-order chi connectivity index (χ1) is 6.94. The minimum atomic E-state index is -3.51. The lowest BCUT2D eigenvalue weighted by Gasteiger charge is -2.10. The van der Waals surface area contributed by atoms with Crippen LogP contribution < -0.4 is 0 Å². The summed E-state index contributed by atoms with van der Waals surface area (Å²) in [6, 6.07) is 7.86. The number of rotatable bonds is 4. The number of carboxylic acid groups (broad SMARTS) is 1. The summed E-state index contributed by atoms with van der Waals surface area (Å²) >= 11 is 0. The Morgan fingerprint density at radius 2 is 1.87 bits per heavy atom. The van der Waals surface area contributed by atoms with E-state index in [-0.39, 0.29) is 11.3 Å². The molecule has 0 bridgehead atoms. The molecule has 0 saturated heterocycles. The van der Waals surface area contributed by atoms with Crippen molar-refractivity contribution < 1.29 is 18.3 Å². The van der Waals surface area contributed by atoms with E-state index in [1.54, 1.807) is 18.2 Å². The van der Waals surface area contributed by atoms with Crippen LogP contribution in [0.5, 0.6) is 0 Å². The molecule has 1 aromatic carbocycles. The van der Waals surface area contributed by atoms with Gasteiger partial charge in [-0.1, -0.05) is 18.2 Å². The molecule has 0 heterocycles. The smallest absolute Gasteiger partial charge is 0.304 e. The third-order valence-electron chi connectivity index (χ3n) is 2.06. The summed E-state index contributed by atoms with van der Waals surface area (Å²) in [5, 5.41) is 7.62. The Hall–Kier alpha value is -1.36. The maximum absolute atomic E-state index is 11.8. The lowest BCUT2D eigenvalue weighted by atomic mass is 10.3. The molecule has 82 valence electrons. The van der Waals surface area contributed by atoms with Crippen LogP contribution in [0.4, 0.5) is 0 Å². The topological polar surface area (TPSA) is 71.4 Å². The van der Waals surface area contributed by atoms with Gasteiger partial charge in [0.2, 0.25) is 0 Å². The Kier molecular flexibility index (Phi) is 3.47. The molecular formula is C10H12O4S. The van der Waals surface area contributed by atoms with Crippen molar-refractivity contribution >= 4 is 15.8 Å². The average molecular weight is 228 g/mol. The van der Waals surface area contributed by atoms with E-state index in [1.807, 2.05) is 0 Å². The molecule has 1 N–H and O–H groups in total. The second-order valence-electron chi connectivity index (χ2n) is 3.27. The number of aliphatic carboxylic acids is 1. The summed E-state index contributed by atoms with van der Waals surface area (Å²) in [7, 11) is -3.51. The Labute approximate surface area is 88.5 Å². The van der Waals surface area contributed by atoms with E-state index < -0.39 is 21.1 Å². The van der Waals surface area contributed by atoms with Crippen LogP contribution in [-0.4, -0.2) is 24.7 Å². The molecule has 0 aromatic heterocycles. The highest BCUT2D eigenvalue weighted by molar-refractivity contribution is 7.92. The van der Waals surface area contributed by atoms with Gasteiger partial charge in [0.25, 0.3) is 0 Å². The van der Waals surface area contributed by atoms with Crippen LogP contribution >= 0.6 is 0 Å². The van der Waals surface area contributed by atoms with Crippen molar-refractivity contribution in [3.05, 3.63) is 30.3 Å². The van der Waals surface area contributed by atoms with Crippen molar-refractivity contribution in [1.82, 2.24) is 0 Å². The Morgan fingerprint density at radius 1 is 1.33 bits per heavy atom. The van der Waals surface area contributed by atoms with Gasteiger partial charge in [-0.3, -0.25) is 4.79 Å². The minimum absolute atomic E-state index is 0.166. The van der Waals surface area contributed by atoms with Gasteiger partial charge in [0.1, 0.15) is 0 Å². The van der Waals surface area contributed by atoms with E-state index in [2.05, 4.69) is 0 Å². The van der Waals surface area contributed by atoms with E-state index in [1.165, 1.54) is 19.1 Å². The van der Waals surface area contributed by atoms with E-state index in [0.29, 0.717) is 0 Å². The number of hydrogen-bond acceptors (Lipinski definition) is 3. The molecule has 4 nitrogen and oxygen atoms in total. The molecule has 0 fully saturated rings. The minimum Gasteiger partial charge on any atom is -0.481 e. The molecule has 5 heteroatoms. The standard InChI is InChI=1S/C10H12O4S/c1-8(7-10(11)12)15(13,14)9-5-3-2-4-6-9/h2-6,8H,7H2,1H3,(H,11,12). The highest BCUT2D eigenvalue weighted by Crippen LogP contribution is 2.17. The molecular weight excluding hydrogens is 216 g/mol. The number of hydrogen-bond donors (Lipinski definition) is 1. The van der Waals surface area contributed by atoms with Crippen molar-refractivity contribution in [1.29, 1.82) is 0 Å². The molecule has 0 aliphatic heterocycles. The van der Waals surface area contributed by atoms with Crippen LogP contribution in [0.25, 0.3) is 0 Å². The van der Waals surface area contributed by atoms with Crippen molar-refractivity contribution in [2.75, 3.05) is 0 Å². The predicted molar refractivity (Wildman–Crippen MR) is 55.3 cm³/mol. The van der Waals surface area contributed by atoms with Crippen LogP contribution in [0.15, 0.2) is 35.2 Å². The summed E-state index contributed by atoms with van der Waals surface area (Å²) in [6.45, 7) is 1.40. The first-order valence-electron chi connectivity index (χ1n) is 4.45. The fourth-order valence-electron chi connectivity index (χ4n) is 1.20. The third-order valence-corrected chi connectivity index (χ3v) is 4.22. The molecule has 1 unspecified atom stereocenters. The molecule has 0 amide bonds. The quantitative estimate of drug-likeness (QED) is 0.843. The van der Waals surface area contributed by atoms with Crippen molar-refractivity contribution in [3.8, 4) is 0 Å². The maximum atomic E-state index is 11.8. The lowest BCUT2D eigenvalue weighted by Crippen LogP contribution is -2.21. The Morgan fingerprint density at radius 3 is 2.33 bits per heavy atom. The average Bonchev–Trinajstić information content (AvgIpc) is 2.18. The van der Waals surface area contributed by atoms with Gasteiger partial charge in [0.15, 0.2) is 9.84 Å². The highest BCUT2D eigenvalue weighted by Gasteiger charge is 2.24. The summed E-state index contributed by atoms with van der Waals surface area (Å²) in [5.74, 6) is -1.11. The summed E-state index contributed by atoms with van der Waals surface area (Å²) in [4.78, 5) is 10.6. The zero-order valence-corrected chi connectivity index (χ0v) is 9.07. The molecule has 1 rings (SSSR count). The SMILES string of the molecule is CC(CC(=O)O)S(=O)(=O)c1ccccc1. The van der Waals surface area contributed by atoms with Gasteiger partial charge in [-0.05, 0) is 19.1 Å². The van der Waals surface area contributed by atoms with E-state index in [4.69, 9.17) is 5.11 Å². The van der Waals surface area contributed by atoms with Crippen LogP contribution in [0.3, 0.4) is 0 Å². The molecule has 0 aliphatic carbocycles. The molecule has 15 heavy (non-hydrogen) atoms. The van der Waals surface area contributed by atoms with Crippen molar-refractivity contribution in [3.63, 3.8) is 0 Å². The normalized spacial score (nSPS) is 13.4. The second kappa shape index (κ2) is 4.44. The van der Waals surface area contributed by atoms with Crippen LogP contribution in [0.1, 0.15) is 13.3 Å². The molecule has 0 spiro atoms. The number of benzene rings is 1. The van der Waals surface area contributed by atoms with E-state index in [9.17, 15) is 13.2 Å². The summed E-state index contributed by atoms with van der Waals surface area (Å²) in [6.07, 6.45) is -0.378. The first-order valence-corrected chi connectivity index (χ1v) is 6.00. The van der Waals surface area contributed by atoms with Crippen LogP contribution in [0, 0.1) is 0 Å². The predicted octanol–water partition coefficient (Wildman–Crippen LogP) is 1.32. The van der Waals surface area contributed by atoms with Gasteiger partial charge >= 0.3 is 5.97 Å². The zero-order valence-electron chi connectivity index (χ0n) is 8.25. The summed E-state index contributed by atoms with van der Waals surface area (Å²) < 4.78 is 23.6. The fraction of sp³-hybridized carbons (Fsp3) is 0.300.